The maximum absolute atomic E-state index is 13.3. The minimum absolute atomic E-state index is 0.267. The lowest BCUT2D eigenvalue weighted by Gasteiger charge is -2.28. The van der Waals surface area contributed by atoms with Gasteiger partial charge in [-0.3, -0.25) is 0 Å². The Hall–Kier alpha value is -4.91. The van der Waals surface area contributed by atoms with Crippen molar-refractivity contribution < 1.29 is 27.8 Å². The zero-order valence-electron chi connectivity index (χ0n) is 24.5. The van der Waals surface area contributed by atoms with E-state index in [-0.39, 0.29) is 12.4 Å². The Morgan fingerprint density at radius 2 is 1.58 bits per heavy atom. The molecule has 5 aromatic rings. The second-order valence-electron chi connectivity index (χ2n) is 10.4. The van der Waals surface area contributed by atoms with E-state index < -0.39 is 11.6 Å². The number of ether oxygens (including phenoxy) is 3. The van der Waals surface area contributed by atoms with Crippen LogP contribution in [0.3, 0.4) is 0 Å². The first kappa shape index (κ1) is 29.6. The van der Waals surface area contributed by atoms with E-state index in [1.165, 1.54) is 12.1 Å². The number of benzene rings is 4. The van der Waals surface area contributed by atoms with Gasteiger partial charge in [-0.15, -0.1) is 0 Å². The van der Waals surface area contributed by atoms with Crippen LogP contribution in [0.15, 0.2) is 108 Å². The van der Waals surface area contributed by atoms with Crippen molar-refractivity contribution in [1.29, 1.82) is 0 Å². The fourth-order valence-corrected chi connectivity index (χ4v) is 4.80. The van der Waals surface area contributed by atoms with Crippen LogP contribution in [0.2, 0.25) is 0 Å². The molecule has 0 fully saturated rings. The lowest BCUT2D eigenvalue weighted by molar-refractivity contribution is -0.160. The molecule has 1 unspecified atom stereocenters. The molecule has 0 spiro atoms. The molecule has 0 bridgehead atoms. The molecule has 1 heterocycles. The van der Waals surface area contributed by atoms with Crippen LogP contribution in [0.5, 0.6) is 11.5 Å². The first-order chi connectivity index (χ1) is 20.8. The van der Waals surface area contributed by atoms with Gasteiger partial charge in [0.2, 0.25) is 11.5 Å². The molecule has 4 aromatic carbocycles. The number of hydrogen-bond donors (Lipinski definition) is 0. The van der Waals surface area contributed by atoms with Crippen LogP contribution in [0.25, 0.3) is 22.6 Å². The molecule has 0 saturated heterocycles. The van der Waals surface area contributed by atoms with Gasteiger partial charge in [-0.2, -0.15) is 0 Å². The van der Waals surface area contributed by atoms with Crippen molar-refractivity contribution in [2.45, 2.75) is 39.2 Å². The summed E-state index contributed by atoms with van der Waals surface area (Å²) in [5.74, 6) is 1.89. The number of oxazole rings is 1. The molecule has 7 heteroatoms. The van der Waals surface area contributed by atoms with Crippen LogP contribution < -0.4 is 9.47 Å². The quantitative estimate of drug-likeness (QED) is 0.139. The Balaban J connectivity index is 1.20. The number of carbonyl (C=O) groups excluding carboxylic acids is 1. The van der Waals surface area contributed by atoms with E-state index in [4.69, 9.17) is 23.6 Å². The summed E-state index contributed by atoms with van der Waals surface area (Å²) in [7, 11) is 0. The minimum atomic E-state index is -1.18. The first-order valence-electron chi connectivity index (χ1n) is 14.3. The molecular weight excluding hydrogens is 545 g/mol. The van der Waals surface area contributed by atoms with Crippen LogP contribution in [0.4, 0.5) is 4.39 Å². The summed E-state index contributed by atoms with van der Waals surface area (Å²) >= 11 is 0. The Morgan fingerprint density at radius 1 is 0.860 bits per heavy atom. The van der Waals surface area contributed by atoms with Crippen molar-refractivity contribution >= 4 is 5.97 Å². The summed E-state index contributed by atoms with van der Waals surface area (Å²) in [4.78, 5) is 17.5. The highest BCUT2D eigenvalue weighted by Crippen LogP contribution is 2.28. The Labute approximate surface area is 251 Å². The largest absolute Gasteiger partial charge is 0.493 e. The highest BCUT2D eigenvalue weighted by atomic mass is 19.1. The maximum Gasteiger partial charge on any atom is 0.350 e. The molecule has 0 radical (unpaired) electrons. The first-order valence-corrected chi connectivity index (χ1v) is 14.3. The monoisotopic (exact) mass is 579 g/mol. The highest BCUT2D eigenvalue weighted by Gasteiger charge is 2.37. The lowest BCUT2D eigenvalue weighted by atomic mass is 9.96. The third-order valence-corrected chi connectivity index (χ3v) is 7.05. The summed E-state index contributed by atoms with van der Waals surface area (Å²) in [5, 5.41) is 0. The fourth-order valence-electron chi connectivity index (χ4n) is 4.80. The van der Waals surface area contributed by atoms with E-state index in [0.717, 1.165) is 33.7 Å². The minimum Gasteiger partial charge on any atom is -0.493 e. The van der Waals surface area contributed by atoms with Gasteiger partial charge in [0.1, 0.15) is 23.1 Å². The molecule has 5 rings (SSSR count). The van der Waals surface area contributed by atoms with Crippen molar-refractivity contribution in [2.75, 3.05) is 13.2 Å². The topological polar surface area (TPSA) is 70.8 Å². The molecule has 1 atom stereocenters. The molecule has 0 amide bonds. The van der Waals surface area contributed by atoms with Gasteiger partial charge in [-0.1, -0.05) is 54.6 Å². The predicted molar refractivity (Wildman–Crippen MR) is 164 cm³/mol. The molecule has 0 aliphatic heterocycles. The van der Waals surface area contributed by atoms with Gasteiger partial charge in [-0.05, 0) is 86.0 Å². The number of aromatic nitrogens is 1. The number of nitrogens with zero attached hydrogens (tertiary/aromatic N) is 1. The van der Waals surface area contributed by atoms with Gasteiger partial charge < -0.3 is 18.6 Å². The van der Waals surface area contributed by atoms with Gasteiger partial charge in [0.25, 0.3) is 0 Å². The average molecular weight is 580 g/mol. The highest BCUT2D eigenvalue weighted by molar-refractivity contribution is 5.80. The molecule has 0 aliphatic carbocycles. The summed E-state index contributed by atoms with van der Waals surface area (Å²) in [6.45, 7) is 6.11. The second-order valence-corrected chi connectivity index (χ2v) is 10.4. The van der Waals surface area contributed by atoms with Crippen molar-refractivity contribution in [3.63, 3.8) is 0 Å². The average Bonchev–Trinajstić information content (AvgIpc) is 3.39. The third-order valence-electron chi connectivity index (χ3n) is 7.05. The number of para-hydroxylation sites is 1. The standard InChI is InChI=1S/C36H34FNO5/c1-4-40-35(39)36(3,43-32-11-6-5-7-12-32)24-26-13-19-31(20-14-26)41-22-21-33-25(2)42-34(38-33)29-10-8-9-28(23-29)27-15-17-30(37)18-16-27/h5-20,23H,4,21-22,24H2,1-3H3. The molecule has 6 nitrogen and oxygen atoms in total. The van der Waals surface area contributed by atoms with Crippen LogP contribution in [-0.4, -0.2) is 29.8 Å². The van der Waals surface area contributed by atoms with Gasteiger partial charge in [-0.25, -0.2) is 14.2 Å². The van der Waals surface area contributed by atoms with Gasteiger partial charge in [0.05, 0.1) is 18.9 Å². The summed E-state index contributed by atoms with van der Waals surface area (Å²) < 4.78 is 36.8. The number of aryl methyl sites for hydroxylation is 1. The van der Waals surface area contributed by atoms with Crippen molar-refractivity contribution in [1.82, 2.24) is 4.98 Å². The fraction of sp³-hybridized carbons (Fsp3) is 0.222. The van der Waals surface area contributed by atoms with E-state index >= 15 is 0 Å². The predicted octanol–water partition coefficient (Wildman–Crippen LogP) is 8.02. The zero-order valence-corrected chi connectivity index (χ0v) is 24.5. The number of carbonyl (C=O) groups is 1. The SMILES string of the molecule is CCOC(=O)C(C)(Cc1ccc(OCCc2nc(-c3cccc(-c4ccc(F)cc4)c3)oc2C)cc1)Oc1ccccc1. The van der Waals surface area contributed by atoms with E-state index in [1.54, 1.807) is 26.0 Å². The molecule has 220 valence electrons. The smallest absolute Gasteiger partial charge is 0.350 e. The summed E-state index contributed by atoms with van der Waals surface area (Å²) in [6.07, 6.45) is 0.908. The Morgan fingerprint density at radius 3 is 2.30 bits per heavy atom. The van der Waals surface area contributed by atoms with E-state index in [0.29, 0.717) is 36.8 Å². The van der Waals surface area contributed by atoms with Crippen LogP contribution in [0.1, 0.15) is 30.9 Å². The Bertz CT molecular complexity index is 1650. The second kappa shape index (κ2) is 13.4. The van der Waals surface area contributed by atoms with Gasteiger partial charge >= 0.3 is 5.97 Å². The molecule has 0 aliphatic rings. The van der Waals surface area contributed by atoms with E-state index in [9.17, 15) is 9.18 Å². The molecule has 0 N–H and O–H groups in total. The van der Waals surface area contributed by atoms with Crippen LogP contribution in [-0.2, 0) is 22.4 Å². The Kier molecular flexibility index (Phi) is 9.20. The maximum atomic E-state index is 13.3. The van der Waals surface area contributed by atoms with E-state index in [2.05, 4.69) is 0 Å². The molecule has 1 aromatic heterocycles. The van der Waals surface area contributed by atoms with Gasteiger partial charge in [0.15, 0.2) is 0 Å². The molecule has 0 saturated carbocycles. The van der Waals surface area contributed by atoms with Crippen molar-refractivity contribution in [2.24, 2.45) is 0 Å². The zero-order chi connectivity index (χ0) is 30.2. The van der Waals surface area contributed by atoms with Crippen molar-refractivity contribution in [3.8, 4) is 34.1 Å². The number of rotatable bonds is 12. The summed E-state index contributed by atoms with van der Waals surface area (Å²) in [5.41, 5.74) is 3.27. The van der Waals surface area contributed by atoms with E-state index in [1.807, 2.05) is 85.8 Å². The number of hydrogen-bond acceptors (Lipinski definition) is 6. The van der Waals surface area contributed by atoms with Crippen LogP contribution >= 0.6 is 0 Å². The van der Waals surface area contributed by atoms with Crippen molar-refractivity contribution in [3.05, 3.63) is 126 Å². The normalized spacial score (nSPS) is 12.4. The third kappa shape index (κ3) is 7.49. The van der Waals surface area contributed by atoms with Gasteiger partial charge in [0, 0.05) is 18.4 Å². The molecule has 43 heavy (non-hydrogen) atoms. The lowest BCUT2D eigenvalue weighted by Crippen LogP contribution is -2.45. The molecular formula is C36H34FNO5. The van der Waals surface area contributed by atoms with Crippen LogP contribution in [0, 0.1) is 12.7 Å². The number of halogens is 1. The summed E-state index contributed by atoms with van der Waals surface area (Å²) in [6, 6.07) is 31.1. The number of esters is 1.